The van der Waals surface area contributed by atoms with E-state index in [0.717, 1.165) is 6.42 Å². The van der Waals surface area contributed by atoms with E-state index in [0.29, 0.717) is 12.3 Å². The maximum atomic E-state index is 12.4. The van der Waals surface area contributed by atoms with Gasteiger partial charge in [0, 0.05) is 12.3 Å². The topological polar surface area (TPSA) is 12.4 Å². The molecule has 2 heteroatoms. The van der Waals surface area contributed by atoms with Gasteiger partial charge >= 0.3 is 0 Å². The molecule has 0 bridgehead atoms. The zero-order valence-corrected chi connectivity index (χ0v) is 6.32. The number of rotatable bonds is 3. The Kier molecular flexibility index (Phi) is 4.28. The van der Waals surface area contributed by atoms with Gasteiger partial charge in [0.05, 0.1) is 0 Å². The van der Waals surface area contributed by atoms with Gasteiger partial charge in [0.25, 0.3) is 0 Å². The molecule has 0 aliphatic heterocycles. The predicted molar refractivity (Wildman–Crippen MR) is 38.8 cm³/mol. The first-order valence-electron chi connectivity index (χ1n) is 3.39. The molecule has 1 nitrogen and oxygen atoms in total. The van der Waals surface area contributed by atoms with Crippen LogP contribution in [0.5, 0.6) is 0 Å². The van der Waals surface area contributed by atoms with E-state index in [4.69, 9.17) is 0 Å². The monoisotopic (exact) mass is 131 g/mol. The van der Waals surface area contributed by atoms with Crippen molar-refractivity contribution in [2.75, 3.05) is 6.54 Å². The number of aliphatic imine (C=N–C) groups is 1. The van der Waals surface area contributed by atoms with Crippen molar-refractivity contribution < 1.29 is 4.39 Å². The van der Waals surface area contributed by atoms with Gasteiger partial charge in [0.1, 0.15) is 6.17 Å². The molecule has 0 aromatic rings. The molecule has 1 atom stereocenters. The fourth-order valence-electron chi connectivity index (χ4n) is 0.722. The van der Waals surface area contributed by atoms with Gasteiger partial charge in [-0.3, -0.25) is 4.99 Å². The van der Waals surface area contributed by atoms with E-state index in [9.17, 15) is 4.39 Å². The van der Waals surface area contributed by atoms with Crippen molar-refractivity contribution in [1.82, 2.24) is 0 Å². The summed E-state index contributed by atoms with van der Waals surface area (Å²) in [5, 5.41) is 0. The zero-order valence-electron chi connectivity index (χ0n) is 6.32. The van der Waals surface area contributed by atoms with Gasteiger partial charge in [-0.25, -0.2) is 4.39 Å². The molecule has 0 aliphatic carbocycles. The minimum absolute atomic E-state index is 0.678. The van der Waals surface area contributed by atoms with Crippen molar-refractivity contribution in [1.29, 1.82) is 0 Å². The van der Waals surface area contributed by atoms with Crippen LogP contribution in [0.4, 0.5) is 4.39 Å². The lowest BCUT2D eigenvalue weighted by atomic mass is 10.2. The van der Waals surface area contributed by atoms with Crippen molar-refractivity contribution in [2.45, 2.75) is 33.4 Å². The van der Waals surface area contributed by atoms with Crippen LogP contribution in [0.3, 0.4) is 0 Å². The van der Waals surface area contributed by atoms with Gasteiger partial charge in [-0.05, 0) is 20.3 Å². The molecule has 0 rings (SSSR count). The highest BCUT2D eigenvalue weighted by Crippen LogP contribution is 1.97. The van der Waals surface area contributed by atoms with E-state index < -0.39 is 6.17 Å². The summed E-state index contributed by atoms with van der Waals surface area (Å²) in [6.07, 6.45) is -0.138. The fourth-order valence-corrected chi connectivity index (χ4v) is 0.722. The van der Waals surface area contributed by atoms with Crippen molar-refractivity contribution in [3.63, 3.8) is 0 Å². The summed E-state index contributed by atoms with van der Waals surface area (Å²) in [6.45, 7) is 6.05. The second-order valence-corrected chi connectivity index (χ2v) is 1.94. The first-order valence-corrected chi connectivity index (χ1v) is 3.39. The highest BCUT2D eigenvalue weighted by molar-refractivity contribution is 5.87. The second-order valence-electron chi connectivity index (χ2n) is 1.94. The van der Waals surface area contributed by atoms with E-state index >= 15 is 0 Å². The third-order valence-corrected chi connectivity index (χ3v) is 1.18. The molecule has 54 valence electrons. The summed E-state index contributed by atoms with van der Waals surface area (Å²) >= 11 is 0. The van der Waals surface area contributed by atoms with E-state index in [1.807, 2.05) is 13.8 Å². The zero-order chi connectivity index (χ0) is 7.28. The SMILES string of the molecule is CCN=C(CC)C(C)F. The normalized spacial score (nSPS) is 15.8. The summed E-state index contributed by atoms with van der Waals surface area (Å²) in [6, 6.07) is 0. The maximum absolute atomic E-state index is 12.4. The molecule has 0 aliphatic rings. The maximum Gasteiger partial charge on any atom is 0.135 e. The average Bonchev–Trinajstić information content (AvgIpc) is 1.82. The van der Waals surface area contributed by atoms with Gasteiger partial charge in [-0.15, -0.1) is 0 Å². The molecule has 0 spiro atoms. The molecule has 0 aromatic heterocycles. The molecule has 0 N–H and O–H groups in total. The summed E-state index contributed by atoms with van der Waals surface area (Å²) in [5.74, 6) is 0. The molecule has 1 unspecified atom stereocenters. The first kappa shape index (κ1) is 8.60. The Balaban J connectivity index is 3.81. The number of halogens is 1. The summed E-state index contributed by atoms with van der Waals surface area (Å²) in [4.78, 5) is 3.98. The third kappa shape index (κ3) is 3.22. The van der Waals surface area contributed by atoms with Crippen LogP contribution in [0.2, 0.25) is 0 Å². The fraction of sp³-hybridized carbons (Fsp3) is 0.857. The van der Waals surface area contributed by atoms with E-state index in [1.165, 1.54) is 6.92 Å². The van der Waals surface area contributed by atoms with Gasteiger partial charge in [-0.2, -0.15) is 0 Å². The van der Waals surface area contributed by atoms with E-state index in [2.05, 4.69) is 4.99 Å². The van der Waals surface area contributed by atoms with Crippen LogP contribution < -0.4 is 0 Å². The van der Waals surface area contributed by atoms with Gasteiger partial charge in [-0.1, -0.05) is 6.92 Å². The van der Waals surface area contributed by atoms with Crippen LogP contribution in [-0.2, 0) is 0 Å². The van der Waals surface area contributed by atoms with Crippen LogP contribution in [0.25, 0.3) is 0 Å². The molecule has 0 radical (unpaired) electrons. The van der Waals surface area contributed by atoms with Crippen molar-refractivity contribution in [3.8, 4) is 0 Å². The standard InChI is InChI=1S/C7H14FN/c1-4-7(6(3)8)9-5-2/h6H,4-5H2,1-3H3. The van der Waals surface area contributed by atoms with Crippen LogP contribution in [0.1, 0.15) is 27.2 Å². The third-order valence-electron chi connectivity index (χ3n) is 1.18. The van der Waals surface area contributed by atoms with Crippen LogP contribution in [0, 0.1) is 0 Å². The number of alkyl halides is 1. The summed E-state index contributed by atoms with van der Waals surface area (Å²) in [7, 11) is 0. The second kappa shape index (κ2) is 4.48. The molecule has 0 amide bonds. The number of nitrogens with zero attached hydrogens (tertiary/aromatic N) is 1. The predicted octanol–water partition coefficient (Wildman–Crippen LogP) is 2.22. The van der Waals surface area contributed by atoms with E-state index in [-0.39, 0.29) is 0 Å². The lowest BCUT2D eigenvalue weighted by Crippen LogP contribution is -2.10. The van der Waals surface area contributed by atoms with Gasteiger partial charge < -0.3 is 0 Å². The molecule has 0 saturated heterocycles. The molecule has 0 heterocycles. The Morgan fingerprint density at radius 1 is 1.56 bits per heavy atom. The van der Waals surface area contributed by atoms with E-state index in [1.54, 1.807) is 0 Å². The van der Waals surface area contributed by atoms with Crippen molar-refractivity contribution in [3.05, 3.63) is 0 Å². The summed E-state index contributed by atoms with van der Waals surface area (Å²) < 4.78 is 12.4. The van der Waals surface area contributed by atoms with Crippen LogP contribution in [0.15, 0.2) is 4.99 Å². The van der Waals surface area contributed by atoms with Gasteiger partial charge in [0.2, 0.25) is 0 Å². The largest absolute Gasteiger partial charge is 0.291 e. The van der Waals surface area contributed by atoms with Crippen LogP contribution >= 0.6 is 0 Å². The molecular formula is C7H14FN. The Morgan fingerprint density at radius 3 is 2.22 bits per heavy atom. The highest BCUT2D eigenvalue weighted by atomic mass is 19.1. The molecule has 0 saturated carbocycles. The quantitative estimate of drug-likeness (QED) is 0.521. The molecule has 9 heavy (non-hydrogen) atoms. The Morgan fingerprint density at radius 2 is 2.11 bits per heavy atom. The highest BCUT2D eigenvalue weighted by Gasteiger charge is 2.03. The number of hydrogen-bond donors (Lipinski definition) is 0. The Bertz CT molecular complexity index is 97.1. The molecule has 0 fully saturated rings. The lowest BCUT2D eigenvalue weighted by Gasteiger charge is -2.01. The van der Waals surface area contributed by atoms with Crippen LogP contribution in [-0.4, -0.2) is 18.4 Å². The minimum atomic E-state index is -0.866. The number of hydrogen-bond acceptors (Lipinski definition) is 1. The average molecular weight is 131 g/mol. The van der Waals surface area contributed by atoms with Crippen molar-refractivity contribution in [2.24, 2.45) is 4.99 Å². The molecule has 0 aromatic carbocycles. The Labute approximate surface area is 56.0 Å². The Hall–Kier alpha value is -0.400. The smallest absolute Gasteiger partial charge is 0.135 e. The van der Waals surface area contributed by atoms with Gasteiger partial charge in [0.15, 0.2) is 0 Å². The summed E-state index contributed by atoms with van der Waals surface area (Å²) in [5.41, 5.74) is 0.678. The van der Waals surface area contributed by atoms with Crippen molar-refractivity contribution >= 4 is 5.71 Å². The first-order chi connectivity index (χ1) is 4.22. The molecular weight excluding hydrogens is 117 g/mol. The minimum Gasteiger partial charge on any atom is -0.291 e. The lowest BCUT2D eigenvalue weighted by molar-refractivity contribution is 0.449.